The van der Waals surface area contributed by atoms with Gasteiger partial charge in [0, 0.05) is 27.1 Å². The van der Waals surface area contributed by atoms with Crippen molar-refractivity contribution in [3.63, 3.8) is 0 Å². The lowest BCUT2D eigenvalue weighted by molar-refractivity contribution is 0.664. The first kappa shape index (κ1) is 24.7. The van der Waals surface area contributed by atoms with Crippen LogP contribution in [0.25, 0.3) is 88.4 Å². The topological polar surface area (TPSA) is 26.3 Å². The first-order chi connectivity index (χ1) is 21.8. The molecule has 9 aromatic rings. The van der Waals surface area contributed by atoms with E-state index >= 15 is 0 Å². The van der Waals surface area contributed by atoms with Gasteiger partial charge in [0.2, 0.25) is 0 Å². The lowest BCUT2D eigenvalue weighted by atomic mass is 9.94. The van der Waals surface area contributed by atoms with Gasteiger partial charge in [-0.15, -0.1) is 0 Å². The number of fused-ring (bicyclic) bond motifs is 7. The van der Waals surface area contributed by atoms with Crippen molar-refractivity contribution in [1.29, 1.82) is 0 Å². The Balaban J connectivity index is 1.37. The molecule has 9 rings (SSSR count). The number of benzene rings is 7. The van der Waals surface area contributed by atoms with Crippen LogP contribution in [0.15, 0.2) is 167 Å². The summed E-state index contributed by atoms with van der Waals surface area (Å²) in [5.74, 6) is 0. The van der Waals surface area contributed by atoms with E-state index in [4.69, 9.17) is 8.83 Å². The monoisotopic (exact) mass is 562 g/mol. The van der Waals surface area contributed by atoms with Gasteiger partial charge in [-0.25, -0.2) is 0 Å². The summed E-state index contributed by atoms with van der Waals surface area (Å²) in [6, 6.07) is 55.4. The van der Waals surface area contributed by atoms with Crippen LogP contribution in [-0.4, -0.2) is 0 Å². The van der Waals surface area contributed by atoms with Gasteiger partial charge in [0.05, 0.1) is 0 Å². The molecule has 0 saturated carbocycles. The van der Waals surface area contributed by atoms with Crippen LogP contribution in [0, 0.1) is 0 Å². The molecule has 2 heteroatoms. The Morgan fingerprint density at radius 3 is 1.36 bits per heavy atom. The highest BCUT2D eigenvalue weighted by atomic mass is 16.3. The maximum atomic E-state index is 6.77. The first-order valence-corrected chi connectivity index (χ1v) is 14.9. The summed E-state index contributed by atoms with van der Waals surface area (Å²) in [4.78, 5) is 0. The molecule has 44 heavy (non-hydrogen) atoms. The van der Waals surface area contributed by atoms with E-state index < -0.39 is 0 Å². The molecule has 0 aliphatic carbocycles. The standard InChI is InChI=1S/C42H26O2/c1-4-11-27(12-5-1)30-17-10-18-33(23-30)34-26-39-40(35-24-31(19-21-37(35)43-39)28-13-6-2-7-14-28)41-36-25-32(29-15-8-3-9-16-29)20-22-38(36)44-42(34)41/h1-26H. The summed E-state index contributed by atoms with van der Waals surface area (Å²) in [5, 5.41) is 4.34. The van der Waals surface area contributed by atoms with Crippen LogP contribution >= 0.6 is 0 Å². The highest BCUT2D eigenvalue weighted by molar-refractivity contribution is 6.29. The number of furan rings is 2. The van der Waals surface area contributed by atoms with Gasteiger partial charge in [0.25, 0.3) is 0 Å². The number of rotatable bonds is 4. The van der Waals surface area contributed by atoms with Gasteiger partial charge in [-0.2, -0.15) is 0 Å². The Labute approximate surface area is 254 Å². The second-order valence-corrected chi connectivity index (χ2v) is 11.3. The van der Waals surface area contributed by atoms with E-state index in [1.165, 1.54) is 16.7 Å². The fourth-order valence-electron chi connectivity index (χ4n) is 6.54. The molecule has 0 aliphatic rings. The van der Waals surface area contributed by atoms with Crippen LogP contribution in [0.2, 0.25) is 0 Å². The van der Waals surface area contributed by atoms with Crippen molar-refractivity contribution in [2.45, 2.75) is 0 Å². The van der Waals surface area contributed by atoms with Gasteiger partial charge >= 0.3 is 0 Å². The highest BCUT2D eigenvalue weighted by Crippen LogP contribution is 2.46. The van der Waals surface area contributed by atoms with Crippen molar-refractivity contribution < 1.29 is 8.83 Å². The molecule has 206 valence electrons. The van der Waals surface area contributed by atoms with Gasteiger partial charge in [0.1, 0.15) is 22.3 Å². The van der Waals surface area contributed by atoms with Crippen molar-refractivity contribution in [1.82, 2.24) is 0 Å². The Bertz CT molecular complexity index is 2470. The van der Waals surface area contributed by atoms with Crippen LogP contribution in [0.3, 0.4) is 0 Å². The molecule has 0 spiro atoms. The molecular formula is C42H26O2. The van der Waals surface area contributed by atoms with E-state index in [0.717, 1.165) is 71.7 Å². The van der Waals surface area contributed by atoms with Crippen LogP contribution < -0.4 is 0 Å². The van der Waals surface area contributed by atoms with Gasteiger partial charge < -0.3 is 8.83 Å². The normalized spacial score (nSPS) is 11.6. The molecule has 0 atom stereocenters. The Hall–Kier alpha value is -5.86. The molecule has 0 bridgehead atoms. The third-order valence-corrected chi connectivity index (χ3v) is 8.67. The van der Waals surface area contributed by atoms with Crippen LogP contribution in [0.1, 0.15) is 0 Å². The summed E-state index contributed by atoms with van der Waals surface area (Å²) in [6.07, 6.45) is 0. The Morgan fingerprint density at radius 1 is 0.295 bits per heavy atom. The van der Waals surface area contributed by atoms with E-state index in [1.54, 1.807) is 0 Å². The van der Waals surface area contributed by atoms with Crippen molar-refractivity contribution in [2.75, 3.05) is 0 Å². The smallest absolute Gasteiger partial charge is 0.144 e. The van der Waals surface area contributed by atoms with E-state index in [9.17, 15) is 0 Å². The summed E-state index contributed by atoms with van der Waals surface area (Å²) in [7, 11) is 0. The first-order valence-electron chi connectivity index (χ1n) is 14.9. The van der Waals surface area contributed by atoms with E-state index in [2.05, 4.69) is 152 Å². The third-order valence-electron chi connectivity index (χ3n) is 8.67. The van der Waals surface area contributed by atoms with Crippen LogP contribution in [0.4, 0.5) is 0 Å². The summed E-state index contributed by atoms with van der Waals surface area (Å²) < 4.78 is 13.4. The second kappa shape index (κ2) is 9.86. The van der Waals surface area contributed by atoms with Crippen molar-refractivity contribution in [3.8, 4) is 44.5 Å². The molecule has 0 fully saturated rings. The van der Waals surface area contributed by atoms with Crippen molar-refractivity contribution in [2.24, 2.45) is 0 Å². The van der Waals surface area contributed by atoms with Crippen molar-refractivity contribution in [3.05, 3.63) is 158 Å². The Morgan fingerprint density at radius 2 is 0.773 bits per heavy atom. The molecule has 0 N–H and O–H groups in total. The highest BCUT2D eigenvalue weighted by Gasteiger charge is 2.22. The van der Waals surface area contributed by atoms with E-state index in [0.29, 0.717) is 0 Å². The average molecular weight is 563 g/mol. The maximum Gasteiger partial charge on any atom is 0.144 e. The zero-order valence-electron chi connectivity index (χ0n) is 23.8. The van der Waals surface area contributed by atoms with Gasteiger partial charge in [-0.05, 0) is 75.3 Å². The second-order valence-electron chi connectivity index (χ2n) is 11.3. The van der Waals surface area contributed by atoms with Gasteiger partial charge in [-0.1, -0.05) is 121 Å². The Kier molecular flexibility index (Phi) is 5.54. The van der Waals surface area contributed by atoms with Crippen LogP contribution in [0.5, 0.6) is 0 Å². The minimum Gasteiger partial charge on any atom is -0.456 e. The molecule has 7 aromatic carbocycles. The molecule has 2 aromatic heterocycles. The van der Waals surface area contributed by atoms with E-state index in [1.807, 2.05) is 6.07 Å². The molecule has 0 radical (unpaired) electrons. The summed E-state index contributed by atoms with van der Waals surface area (Å²) >= 11 is 0. The predicted molar refractivity (Wildman–Crippen MR) is 183 cm³/mol. The van der Waals surface area contributed by atoms with Gasteiger partial charge in [-0.3, -0.25) is 0 Å². The fourth-order valence-corrected chi connectivity index (χ4v) is 6.54. The summed E-state index contributed by atoms with van der Waals surface area (Å²) in [5.41, 5.74) is 12.6. The number of hydrogen-bond acceptors (Lipinski definition) is 2. The molecule has 2 nitrogen and oxygen atoms in total. The molecule has 0 unspecified atom stereocenters. The SMILES string of the molecule is c1ccc(-c2cccc(-c3cc4oc5ccc(-c6ccccc6)cc5c4c4c3oc3ccc(-c5ccccc5)cc34)c2)cc1. The fraction of sp³-hybridized carbons (Fsp3) is 0. The molecule has 0 aliphatic heterocycles. The maximum absolute atomic E-state index is 6.77. The molecular weight excluding hydrogens is 536 g/mol. The third kappa shape index (κ3) is 3.96. The average Bonchev–Trinajstić information content (AvgIpc) is 3.66. The molecule has 2 heterocycles. The summed E-state index contributed by atoms with van der Waals surface area (Å²) in [6.45, 7) is 0. The van der Waals surface area contributed by atoms with Gasteiger partial charge in [0.15, 0.2) is 0 Å². The minimum absolute atomic E-state index is 0.852. The van der Waals surface area contributed by atoms with E-state index in [-0.39, 0.29) is 0 Å². The largest absolute Gasteiger partial charge is 0.456 e. The molecule has 0 saturated heterocycles. The quantitative estimate of drug-likeness (QED) is 0.213. The minimum atomic E-state index is 0.852. The lowest BCUT2D eigenvalue weighted by Gasteiger charge is -2.08. The predicted octanol–water partition coefficient (Wildman–Crippen LogP) is 12.2. The zero-order chi connectivity index (χ0) is 29.0. The lowest BCUT2D eigenvalue weighted by Crippen LogP contribution is -1.83. The molecule has 0 amide bonds. The number of hydrogen-bond donors (Lipinski definition) is 0. The zero-order valence-corrected chi connectivity index (χ0v) is 23.8. The van der Waals surface area contributed by atoms with Crippen LogP contribution in [-0.2, 0) is 0 Å². The van der Waals surface area contributed by atoms with Crippen molar-refractivity contribution >= 4 is 43.9 Å².